The summed E-state index contributed by atoms with van der Waals surface area (Å²) in [6.07, 6.45) is 0.986. The van der Waals surface area contributed by atoms with Crippen LogP contribution in [0.15, 0.2) is 24.3 Å². The summed E-state index contributed by atoms with van der Waals surface area (Å²) in [5.74, 6) is 2.31. The molecule has 0 amide bonds. The second-order valence-corrected chi connectivity index (χ2v) is 5.16. The van der Waals surface area contributed by atoms with Gasteiger partial charge in [0.15, 0.2) is 5.82 Å². The Bertz CT molecular complexity index is 546. The predicted molar refractivity (Wildman–Crippen MR) is 71.6 cm³/mol. The van der Waals surface area contributed by atoms with Crippen LogP contribution < -0.4 is 5.32 Å². The molecule has 2 aromatic rings. The van der Waals surface area contributed by atoms with E-state index in [4.69, 9.17) is 0 Å². The molecule has 1 N–H and O–H groups in total. The number of fused-ring (bicyclic) bond motifs is 1. The average Bonchev–Trinajstić information content (AvgIpc) is 2.91. The molecule has 0 bridgehead atoms. The van der Waals surface area contributed by atoms with Crippen LogP contribution in [0.25, 0.3) is 0 Å². The lowest BCUT2D eigenvalue weighted by Crippen LogP contribution is -2.12. The molecule has 18 heavy (non-hydrogen) atoms. The molecule has 2 heterocycles. The zero-order valence-electron chi connectivity index (χ0n) is 11.0. The van der Waals surface area contributed by atoms with Crippen LogP contribution in [0.5, 0.6) is 0 Å². The van der Waals surface area contributed by atoms with Crippen LogP contribution in [0.2, 0.25) is 0 Å². The highest BCUT2D eigenvalue weighted by Crippen LogP contribution is 2.33. The Morgan fingerprint density at radius 1 is 1.33 bits per heavy atom. The molecule has 0 radical (unpaired) electrons. The molecule has 1 aliphatic heterocycles. The largest absolute Gasteiger partial charge is 0.375 e. The third-order valence-electron chi connectivity index (χ3n) is 3.41. The summed E-state index contributed by atoms with van der Waals surface area (Å²) in [4.78, 5) is 4.66. The molecule has 1 aliphatic rings. The van der Waals surface area contributed by atoms with Crippen LogP contribution in [0.3, 0.4) is 0 Å². The molecule has 0 aliphatic carbocycles. The zero-order chi connectivity index (χ0) is 12.7. The topological polar surface area (TPSA) is 42.7 Å². The summed E-state index contributed by atoms with van der Waals surface area (Å²) in [6.45, 7) is 4.24. The number of benzene rings is 1. The number of hydrogen-bond acceptors (Lipinski definition) is 3. The Morgan fingerprint density at radius 3 is 2.78 bits per heavy atom. The minimum absolute atomic E-state index is 0.243. The van der Waals surface area contributed by atoms with Gasteiger partial charge in [-0.15, -0.1) is 0 Å². The zero-order valence-corrected chi connectivity index (χ0v) is 11.0. The fraction of sp³-hybridized carbons (Fsp3) is 0.429. The molecule has 1 aromatic carbocycles. The summed E-state index contributed by atoms with van der Waals surface area (Å²) in [5, 5.41) is 8.00. The maximum Gasteiger partial charge on any atom is 0.153 e. The van der Waals surface area contributed by atoms with Crippen LogP contribution >= 0.6 is 0 Å². The van der Waals surface area contributed by atoms with Crippen molar-refractivity contribution in [3.8, 4) is 0 Å². The Labute approximate surface area is 107 Å². The van der Waals surface area contributed by atoms with Crippen molar-refractivity contribution in [1.82, 2.24) is 14.8 Å². The molecule has 94 valence electrons. The highest BCUT2D eigenvalue weighted by atomic mass is 15.3. The smallest absolute Gasteiger partial charge is 0.153 e. The molecule has 0 saturated carbocycles. The van der Waals surface area contributed by atoms with E-state index in [1.165, 1.54) is 11.3 Å². The van der Waals surface area contributed by atoms with E-state index in [9.17, 15) is 0 Å². The van der Waals surface area contributed by atoms with E-state index in [0.717, 1.165) is 18.1 Å². The lowest BCUT2D eigenvalue weighted by molar-refractivity contribution is 0.640. The van der Waals surface area contributed by atoms with Crippen molar-refractivity contribution in [3.05, 3.63) is 41.5 Å². The second-order valence-electron chi connectivity index (χ2n) is 5.16. The number of aryl methyl sites for hydroxylation is 1. The van der Waals surface area contributed by atoms with Crippen LogP contribution in [-0.4, -0.2) is 14.8 Å². The Kier molecular flexibility index (Phi) is 2.58. The standard InChI is InChI=1S/C14H18N4/c1-9(2)13-16-14(18(3)17-13)12-8-10-6-4-5-7-11(10)15-12/h4-7,9,12,15H,8H2,1-3H3. The number of rotatable bonds is 2. The van der Waals surface area contributed by atoms with Crippen molar-refractivity contribution in [3.63, 3.8) is 0 Å². The number of hydrogen-bond donors (Lipinski definition) is 1. The van der Waals surface area contributed by atoms with Gasteiger partial charge in [0.05, 0.1) is 6.04 Å². The fourth-order valence-corrected chi connectivity index (χ4v) is 2.42. The summed E-state index contributed by atoms with van der Waals surface area (Å²) in [7, 11) is 1.97. The van der Waals surface area contributed by atoms with Gasteiger partial charge in [0, 0.05) is 25.1 Å². The van der Waals surface area contributed by atoms with Gasteiger partial charge in [-0.3, -0.25) is 4.68 Å². The molecule has 0 spiro atoms. The van der Waals surface area contributed by atoms with E-state index in [2.05, 4.69) is 53.5 Å². The highest BCUT2D eigenvalue weighted by Gasteiger charge is 2.26. The van der Waals surface area contributed by atoms with E-state index < -0.39 is 0 Å². The maximum absolute atomic E-state index is 4.66. The summed E-state index contributed by atoms with van der Waals surface area (Å²) in [6, 6.07) is 8.67. The van der Waals surface area contributed by atoms with Gasteiger partial charge in [0.2, 0.25) is 0 Å². The number of anilines is 1. The van der Waals surface area contributed by atoms with E-state index in [0.29, 0.717) is 5.92 Å². The molecule has 4 heteroatoms. The van der Waals surface area contributed by atoms with Gasteiger partial charge in [-0.25, -0.2) is 4.98 Å². The Morgan fingerprint density at radius 2 is 2.11 bits per heavy atom. The van der Waals surface area contributed by atoms with Gasteiger partial charge < -0.3 is 5.32 Å². The first kappa shape index (κ1) is 11.3. The quantitative estimate of drug-likeness (QED) is 0.880. The molecule has 0 fully saturated rings. The summed E-state index contributed by atoms with van der Waals surface area (Å²) < 4.78 is 1.90. The number of para-hydroxylation sites is 1. The van der Waals surface area contributed by atoms with Crippen LogP contribution in [0.4, 0.5) is 5.69 Å². The predicted octanol–water partition coefficient (Wildman–Crippen LogP) is 2.65. The molecule has 4 nitrogen and oxygen atoms in total. The lowest BCUT2D eigenvalue weighted by atomic mass is 10.1. The first-order valence-corrected chi connectivity index (χ1v) is 6.40. The first-order valence-electron chi connectivity index (χ1n) is 6.40. The molecule has 3 rings (SSSR count). The van der Waals surface area contributed by atoms with Crippen molar-refractivity contribution in [2.24, 2.45) is 7.05 Å². The van der Waals surface area contributed by atoms with Crippen molar-refractivity contribution < 1.29 is 0 Å². The van der Waals surface area contributed by atoms with Crippen LogP contribution in [-0.2, 0) is 13.5 Å². The van der Waals surface area contributed by atoms with Gasteiger partial charge in [0.1, 0.15) is 5.82 Å². The minimum Gasteiger partial charge on any atom is -0.375 e. The van der Waals surface area contributed by atoms with Crippen molar-refractivity contribution in [1.29, 1.82) is 0 Å². The summed E-state index contributed by atoms with van der Waals surface area (Å²) in [5.41, 5.74) is 2.58. The maximum atomic E-state index is 4.66. The molecular weight excluding hydrogens is 224 g/mol. The van der Waals surface area contributed by atoms with E-state index in [1.54, 1.807) is 0 Å². The normalized spacial score (nSPS) is 17.9. The third kappa shape index (κ3) is 1.78. The molecule has 1 unspecified atom stereocenters. The SMILES string of the molecule is CC(C)c1nc(C2Cc3ccccc3N2)n(C)n1. The summed E-state index contributed by atoms with van der Waals surface area (Å²) >= 11 is 0. The lowest BCUT2D eigenvalue weighted by Gasteiger charge is -2.09. The van der Waals surface area contributed by atoms with Crippen molar-refractivity contribution >= 4 is 5.69 Å². The van der Waals surface area contributed by atoms with Gasteiger partial charge in [-0.1, -0.05) is 32.0 Å². The van der Waals surface area contributed by atoms with Crippen LogP contribution in [0, 0.1) is 0 Å². The fourth-order valence-electron chi connectivity index (χ4n) is 2.42. The number of aromatic nitrogens is 3. The van der Waals surface area contributed by atoms with Gasteiger partial charge in [0.25, 0.3) is 0 Å². The molecule has 1 atom stereocenters. The number of nitrogens with one attached hydrogen (secondary N) is 1. The van der Waals surface area contributed by atoms with Crippen LogP contribution in [0.1, 0.15) is 43.0 Å². The van der Waals surface area contributed by atoms with E-state index in [1.807, 2.05) is 11.7 Å². The van der Waals surface area contributed by atoms with Gasteiger partial charge >= 0.3 is 0 Å². The molecule has 0 saturated heterocycles. The average molecular weight is 242 g/mol. The van der Waals surface area contributed by atoms with Gasteiger partial charge in [-0.2, -0.15) is 5.10 Å². The Balaban J connectivity index is 1.90. The monoisotopic (exact) mass is 242 g/mol. The van der Waals surface area contributed by atoms with Crippen molar-refractivity contribution in [2.75, 3.05) is 5.32 Å². The third-order valence-corrected chi connectivity index (χ3v) is 3.41. The second kappa shape index (κ2) is 4.12. The minimum atomic E-state index is 0.243. The van der Waals surface area contributed by atoms with Gasteiger partial charge in [-0.05, 0) is 11.6 Å². The van der Waals surface area contributed by atoms with E-state index in [-0.39, 0.29) is 6.04 Å². The molecule has 1 aromatic heterocycles. The molecular formula is C14H18N4. The van der Waals surface area contributed by atoms with Crippen molar-refractivity contribution in [2.45, 2.75) is 32.2 Å². The number of nitrogens with zero attached hydrogens (tertiary/aromatic N) is 3. The first-order chi connectivity index (χ1) is 8.65. The van der Waals surface area contributed by atoms with E-state index >= 15 is 0 Å². The Hall–Kier alpha value is -1.84. The highest BCUT2D eigenvalue weighted by molar-refractivity contribution is 5.57.